The Kier molecular flexibility index (Phi) is 17.7. The summed E-state index contributed by atoms with van der Waals surface area (Å²) in [5.41, 5.74) is -4.73. The van der Waals surface area contributed by atoms with E-state index in [0.717, 1.165) is 10.8 Å². The lowest BCUT2D eigenvalue weighted by molar-refractivity contribution is -0.319. The van der Waals surface area contributed by atoms with Crippen LogP contribution in [-0.2, 0) is 49.2 Å². The van der Waals surface area contributed by atoms with Crippen molar-refractivity contribution in [1.29, 1.82) is 0 Å². The Balaban J connectivity index is 1.52. The average Bonchev–Trinajstić information content (AvgIpc) is 3.27. The molecule has 17 heteroatoms. The first-order valence-corrected chi connectivity index (χ1v) is 23.2. The van der Waals surface area contributed by atoms with Crippen molar-refractivity contribution in [3.8, 4) is 0 Å². The van der Waals surface area contributed by atoms with Crippen LogP contribution in [0.2, 0.25) is 0 Å². The third-order valence-electron chi connectivity index (χ3n) is 14.4. The standard InChI is InChI=1S/C48H75N3O14/c1-12-48(59)30(7)62-38(21-36(48)60-11)64-41-28(5)43(65-45-40(54)34(49-10)19-26(3)61-45)46(8,57)22-25(2)39(53)27(4)42(55)47(9,58)35(63-44(56)29(41)6)17-18-51-37(52)20-32-24-50-23-31-15-13-14-16-33(31)32/h13-16,23-30,34-36,38,40-43,45,49,54-55,57-59H,12,17-22H2,1-11H3,(H,51,52)/t25-,26?,27+,28+,29?,30?,34?,35-,36?,38?,40?,41+,42-,43-,45?,46-,47-,48?/m1/s1. The second-order valence-electron chi connectivity index (χ2n) is 19.3. The molecule has 1 amide bonds. The van der Waals surface area contributed by atoms with Gasteiger partial charge in [0, 0.05) is 68.1 Å². The number of likely N-dealkylation sites (N-methyl/N-ethyl adjacent to an activating group) is 1. The van der Waals surface area contributed by atoms with Crippen LogP contribution in [0.3, 0.4) is 0 Å². The molecule has 7 N–H and O–H groups in total. The maximum absolute atomic E-state index is 14.7. The van der Waals surface area contributed by atoms with Gasteiger partial charge >= 0.3 is 5.97 Å². The fourth-order valence-corrected chi connectivity index (χ4v) is 10.3. The number of esters is 1. The first-order valence-electron chi connectivity index (χ1n) is 23.2. The number of cyclic esters (lactones) is 1. The molecule has 2 aromatic rings. The van der Waals surface area contributed by atoms with Crippen LogP contribution in [0.15, 0.2) is 36.7 Å². The Hall–Kier alpha value is -3.20. The van der Waals surface area contributed by atoms with Crippen LogP contribution < -0.4 is 10.6 Å². The number of hydrogen-bond acceptors (Lipinski definition) is 16. The Morgan fingerprint density at radius 1 is 0.954 bits per heavy atom. The highest BCUT2D eigenvalue weighted by atomic mass is 16.7. The van der Waals surface area contributed by atoms with E-state index in [1.165, 1.54) is 27.9 Å². The molecule has 3 aliphatic rings. The fourth-order valence-electron chi connectivity index (χ4n) is 10.3. The smallest absolute Gasteiger partial charge is 0.311 e. The molecule has 65 heavy (non-hydrogen) atoms. The second kappa shape index (κ2) is 21.8. The summed E-state index contributed by atoms with van der Waals surface area (Å²) < 4.78 is 37.7. The summed E-state index contributed by atoms with van der Waals surface area (Å²) in [6.07, 6.45) is -7.17. The summed E-state index contributed by atoms with van der Waals surface area (Å²) in [5, 5.41) is 67.2. The Morgan fingerprint density at radius 2 is 1.65 bits per heavy atom. The normalized spacial score (nSPS) is 41.4. The van der Waals surface area contributed by atoms with Crippen LogP contribution >= 0.6 is 0 Å². The van der Waals surface area contributed by atoms with E-state index in [9.17, 15) is 39.9 Å². The largest absolute Gasteiger partial charge is 0.459 e. The van der Waals surface area contributed by atoms with E-state index in [1.807, 2.05) is 38.1 Å². The number of aliphatic hydroxyl groups excluding tert-OH is 2. The number of carbonyl (C=O) groups is 3. The van der Waals surface area contributed by atoms with E-state index in [1.54, 1.807) is 47.1 Å². The van der Waals surface area contributed by atoms with Crippen molar-refractivity contribution in [2.24, 2.45) is 23.7 Å². The van der Waals surface area contributed by atoms with Crippen molar-refractivity contribution in [1.82, 2.24) is 15.6 Å². The van der Waals surface area contributed by atoms with Crippen LogP contribution in [0.25, 0.3) is 10.8 Å². The minimum atomic E-state index is -2.22. The lowest BCUT2D eigenvalue weighted by Gasteiger charge is -2.49. The van der Waals surface area contributed by atoms with E-state index in [-0.39, 0.29) is 44.2 Å². The number of rotatable bonds is 12. The molecule has 0 saturated carbocycles. The molecule has 1 aromatic carbocycles. The van der Waals surface area contributed by atoms with Gasteiger partial charge in [0.25, 0.3) is 0 Å². The number of benzene rings is 1. The highest BCUT2D eigenvalue weighted by Crippen LogP contribution is 2.41. The van der Waals surface area contributed by atoms with Crippen LogP contribution in [0.1, 0.15) is 100.0 Å². The van der Waals surface area contributed by atoms with Gasteiger partial charge in [0.15, 0.2) is 12.6 Å². The van der Waals surface area contributed by atoms with Crippen LogP contribution in [-0.4, -0.2) is 153 Å². The van der Waals surface area contributed by atoms with E-state index in [2.05, 4.69) is 15.6 Å². The maximum Gasteiger partial charge on any atom is 0.311 e. The van der Waals surface area contributed by atoms with Crippen molar-refractivity contribution in [2.75, 3.05) is 20.7 Å². The SMILES string of the molecule is CCC1(O)C(C)OC(O[C@@H]2C(C)C(=O)O[C@H](CCNC(=O)Cc3cncc4ccccc34)[C@@](C)(O)[C@H](O)[C@@H](C)C(=O)[C@H](C)C[C@@](C)(O)[C@H](OC3OC(C)CC(NC)C3O)[C@H]2C)CC1OC. The molecular formula is C48H75N3O14. The summed E-state index contributed by atoms with van der Waals surface area (Å²) >= 11 is 0. The van der Waals surface area contributed by atoms with E-state index in [0.29, 0.717) is 18.4 Å². The zero-order chi connectivity index (χ0) is 48.2. The van der Waals surface area contributed by atoms with Gasteiger partial charge in [-0.05, 0) is 71.9 Å². The fraction of sp³-hybridized carbons (Fsp3) is 0.750. The number of Topliss-reactive ketones (excluding diaryl/α,β-unsaturated/α-hetero) is 1. The Labute approximate surface area is 383 Å². The molecule has 18 atom stereocenters. The minimum absolute atomic E-state index is 0.00109. The highest BCUT2D eigenvalue weighted by Gasteiger charge is 2.54. The predicted octanol–water partition coefficient (Wildman–Crippen LogP) is 2.72. The van der Waals surface area contributed by atoms with Gasteiger partial charge in [0.2, 0.25) is 5.91 Å². The monoisotopic (exact) mass is 918 g/mol. The van der Waals surface area contributed by atoms with E-state index >= 15 is 0 Å². The zero-order valence-electron chi connectivity index (χ0n) is 39.9. The molecule has 0 bridgehead atoms. The lowest BCUT2D eigenvalue weighted by Crippen LogP contribution is -2.61. The number of nitrogens with one attached hydrogen (secondary N) is 2. The van der Waals surface area contributed by atoms with Crippen molar-refractivity contribution >= 4 is 28.4 Å². The third-order valence-corrected chi connectivity index (χ3v) is 14.4. The number of aliphatic hydroxyl groups is 5. The van der Waals surface area contributed by atoms with Gasteiger partial charge in [-0.1, -0.05) is 52.0 Å². The van der Waals surface area contributed by atoms with E-state index in [4.69, 9.17) is 28.4 Å². The number of hydrogen-bond donors (Lipinski definition) is 7. The highest BCUT2D eigenvalue weighted by molar-refractivity contribution is 5.89. The van der Waals surface area contributed by atoms with E-state index < -0.39 is 114 Å². The number of methoxy groups -OCH3 is 1. The van der Waals surface area contributed by atoms with Gasteiger partial charge in [-0.25, -0.2) is 0 Å². The molecule has 3 fully saturated rings. The van der Waals surface area contributed by atoms with Gasteiger partial charge in [0.05, 0.1) is 54.6 Å². The number of carbonyl (C=O) groups excluding carboxylic acids is 3. The number of ether oxygens (including phenoxy) is 6. The van der Waals surface area contributed by atoms with Gasteiger partial charge in [-0.2, -0.15) is 0 Å². The number of ketones is 1. The molecule has 17 nitrogen and oxygen atoms in total. The second-order valence-corrected chi connectivity index (χ2v) is 19.3. The molecule has 5 rings (SSSR count). The lowest BCUT2D eigenvalue weighted by atomic mass is 9.74. The molecule has 0 aliphatic carbocycles. The summed E-state index contributed by atoms with van der Waals surface area (Å²) in [6.45, 7) is 14.4. The Morgan fingerprint density at radius 3 is 2.31 bits per heavy atom. The molecule has 0 radical (unpaired) electrons. The topological polar surface area (TPSA) is 245 Å². The van der Waals surface area contributed by atoms with Crippen LogP contribution in [0.5, 0.6) is 0 Å². The average molecular weight is 918 g/mol. The van der Waals surface area contributed by atoms with Crippen LogP contribution in [0.4, 0.5) is 0 Å². The summed E-state index contributed by atoms with van der Waals surface area (Å²) in [5.74, 6) is -5.95. The van der Waals surface area contributed by atoms with Gasteiger partial charge in [-0.3, -0.25) is 19.4 Å². The van der Waals surface area contributed by atoms with Crippen molar-refractivity contribution in [3.05, 3.63) is 42.2 Å². The first-order chi connectivity index (χ1) is 30.5. The van der Waals surface area contributed by atoms with Gasteiger partial charge < -0.3 is 64.6 Å². The number of nitrogens with zero attached hydrogens (tertiary/aromatic N) is 1. The van der Waals surface area contributed by atoms with Crippen molar-refractivity contribution < 1.29 is 68.3 Å². The number of amides is 1. The zero-order valence-corrected chi connectivity index (χ0v) is 39.9. The molecule has 0 spiro atoms. The number of fused-ring (bicyclic) bond motifs is 1. The first kappa shape index (κ1) is 52.8. The molecule has 366 valence electrons. The molecular weight excluding hydrogens is 843 g/mol. The molecule has 3 saturated heterocycles. The quantitative estimate of drug-likeness (QED) is 0.151. The molecule has 3 aliphatic heterocycles. The summed E-state index contributed by atoms with van der Waals surface area (Å²) in [7, 11) is 3.19. The van der Waals surface area contributed by atoms with Crippen molar-refractivity contribution in [2.45, 2.75) is 185 Å². The Bertz CT molecular complexity index is 1910. The van der Waals surface area contributed by atoms with Crippen molar-refractivity contribution in [3.63, 3.8) is 0 Å². The maximum atomic E-state index is 14.7. The summed E-state index contributed by atoms with van der Waals surface area (Å²) in [4.78, 5) is 46.5. The van der Waals surface area contributed by atoms with Gasteiger partial charge in [0.1, 0.15) is 29.2 Å². The van der Waals surface area contributed by atoms with Gasteiger partial charge in [-0.15, -0.1) is 0 Å². The molecule has 1 aromatic heterocycles. The molecule has 4 heterocycles. The minimum Gasteiger partial charge on any atom is -0.459 e. The predicted molar refractivity (Wildman–Crippen MR) is 239 cm³/mol. The summed E-state index contributed by atoms with van der Waals surface area (Å²) in [6, 6.07) is 7.14. The third kappa shape index (κ3) is 11.7. The molecule has 9 unspecified atom stereocenters. The van der Waals surface area contributed by atoms with Crippen LogP contribution in [0, 0.1) is 23.7 Å². The number of aromatic nitrogens is 1. The number of pyridine rings is 1.